The van der Waals surface area contributed by atoms with E-state index in [1.165, 1.54) is 0 Å². The van der Waals surface area contributed by atoms with Crippen LogP contribution in [-0.4, -0.2) is 29.5 Å². The largest absolute Gasteiger partial charge is 0.351 e. The summed E-state index contributed by atoms with van der Waals surface area (Å²) in [7, 11) is 0. The molecule has 0 saturated carbocycles. The second-order valence-corrected chi connectivity index (χ2v) is 6.06. The summed E-state index contributed by atoms with van der Waals surface area (Å²) in [6.07, 6.45) is 1.30. The van der Waals surface area contributed by atoms with Crippen LogP contribution in [0.15, 0.2) is 18.2 Å². The fraction of sp³-hybridized carbons (Fsp3) is 0.429. The molecule has 5 nitrogen and oxygen atoms in total. The van der Waals surface area contributed by atoms with Crippen LogP contribution < -0.4 is 16.0 Å². The lowest BCUT2D eigenvalue weighted by Crippen LogP contribution is -2.41. The minimum absolute atomic E-state index is 0.0565. The summed E-state index contributed by atoms with van der Waals surface area (Å²) in [6.45, 7) is 0.531. The summed E-state index contributed by atoms with van der Waals surface area (Å²) in [5, 5.41) is 8.96. The van der Waals surface area contributed by atoms with Crippen molar-refractivity contribution in [1.82, 2.24) is 10.6 Å². The number of carbonyl (C=O) groups excluding carboxylic acids is 2. The molecule has 0 radical (unpaired) electrons. The minimum atomic E-state index is -0.0723. The van der Waals surface area contributed by atoms with Crippen LogP contribution in [-0.2, 0) is 22.6 Å². The second kappa shape index (κ2) is 5.85. The van der Waals surface area contributed by atoms with Crippen molar-refractivity contribution in [3.63, 3.8) is 0 Å². The van der Waals surface area contributed by atoms with E-state index in [0.29, 0.717) is 13.0 Å². The predicted octanol–water partition coefficient (Wildman–Crippen LogP) is 0.850. The third-order valence-electron chi connectivity index (χ3n) is 3.56. The highest BCUT2D eigenvalue weighted by molar-refractivity contribution is 7.99. The van der Waals surface area contributed by atoms with Crippen LogP contribution in [0.25, 0.3) is 0 Å². The van der Waals surface area contributed by atoms with Gasteiger partial charge >= 0.3 is 0 Å². The molecule has 2 aliphatic rings. The first-order valence-electron chi connectivity index (χ1n) is 6.73. The molecule has 20 heavy (non-hydrogen) atoms. The van der Waals surface area contributed by atoms with Crippen LogP contribution >= 0.6 is 11.8 Å². The molecule has 1 atom stereocenters. The van der Waals surface area contributed by atoms with Crippen molar-refractivity contribution in [3.8, 4) is 0 Å². The van der Waals surface area contributed by atoms with E-state index in [4.69, 9.17) is 0 Å². The van der Waals surface area contributed by atoms with Gasteiger partial charge in [-0.2, -0.15) is 0 Å². The first-order valence-corrected chi connectivity index (χ1v) is 7.88. The van der Waals surface area contributed by atoms with Crippen molar-refractivity contribution in [2.75, 3.05) is 16.9 Å². The molecule has 1 fully saturated rings. The predicted molar refractivity (Wildman–Crippen MR) is 79.5 cm³/mol. The lowest BCUT2D eigenvalue weighted by Gasteiger charge is -2.18. The third kappa shape index (κ3) is 2.96. The highest BCUT2D eigenvalue weighted by Crippen LogP contribution is 2.23. The fourth-order valence-electron chi connectivity index (χ4n) is 2.42. The van der Waals surface area contributed by atoms with Crippen LogP contribution in [0.1, 0.15) is 17.5 Å². The van der Waals surface area contributed by atoms with Crippen LogP contribution in [0.3, 0.4) is 0 Å². The minimum Gasteiger partial charge on any atom is -0.351 e. The lowest BCUT2D eigenvalue weighted by molar-refractivity contribution is -0.122. The third-order valence-corrected chi connectivity index (χ3v) is 4.50. The number of hydrogen-bond donors (Lipinski definition) is 3. The van der Waals surface area contributed by atoms with Crippen molar-refractivity contribution in [2.45, 2.75) is 25.4 Å². The molecule has 3 N–H and O–H groups in total. The Morgan fingerprint density at radius 1 is 1.40 bits per heavy atom. The molecule has 1 saturated heterocycles. The van der Waals surface area contributed by atoms with Gasteiger partial charge in [0.25, 0.3) is 0 Å². The van der Waals surface area contributed by atoms with Crippen molar-refractivity contribution >= 4 is 29.3 Å². The molecule has 1 aromatic rings. The molecule has 1 unspecified atom stereocenters. The van der Waals surface area contributed by atoms with Gasteiger partial charge in [0.2, 0.25) is 11.8 Å². The molecular formula is C14H17N3O2S. The molecule has 6 heteroatoms. The number of hydrogen-bond acceptors (Lipinski definition) is 4. The van der Waals surface area contributed by atoms with Gasteiger partial charge in [-0.3, -0.25) is 14.9 Å². The number of rotatable bonds is 3. The maximum atomic E-state index is 11.9. The molecule has 0 aromatic heterocycles. The van der Waals surface area contributed by atoms with E-state index < -0.39 is 0 Å². The normalized spacial score (nSPS) is 21.2. The molecule has 0 spiro atoms. The van der Waals surface area contributed by atoms with Crippen LogP contribution in [0.4, 0.5) is 5.69 Å². The number of anilines is 1. The van der Waals surface area contributed by atoms with Gasteiger partial charge in [-0.1, -0.05) is 12.1 Å². The molecule has 106 valence electrons. The molecule has 0 aliphatic carbocycles. The topological polar surface area (TPSA) is 70.2 Å². The molecule has 2 aliphatic heterocycles. The Hall–Kier alpha value is -1.53. The summed E-state index contributed by atoms with van der Waals surface area (Å²) < 4.78 is 0. The zero-order chi connectivity index (χ0) is 13.9. The average Bonchev–Trinajstić information content (AvgIpc) is 2.99. The lowest BCUT2D eigenvalue weighted by atomic mass is 10.0. The Bertz CT molecular complexity index is 541. The zero-order valence-corrected chi connectivity index (χ0v) is 11.9. The summed E-state index contributed by atoms with van der Waals surface area (Å²) in [5.41, 5.74) is 3.11. The highest BCUT2D eigenvalue weighted by Gasteiger charge is 2.22. The number of nitrogens with one attached hydrogen (secondary N) is 3. The van der Waals surface area contributed by atoms with Crippen LogP contribution in [0.2, 0.25) is 0 Å². The molecule has 2 heterocycles. The van der Waals surface area contributed by atoms with Crippen molar-refractivity contribution in [2.24, 2.45) is 0 Å². The molecule has 1 aromatic carbocycles. The monoisotopic (exact) mass is 291 g/mol. The smallest absolute Gasteiger partial charge is 0.238 e. The summed E-state index contributed by atoms with van der Waals surface area (Å²) in [4.78, 5) is 23.2. The van der Waals surface area contributed by atoms with Crippen molar-refractivity contribution in [1.29, 1.82) is 0 Å². The van der Waals surface area contributed by atoms with E-state index >= 15 is 0 Å². The Morgan fingerprint density at radius 2 is 2.30 bits per heavy atom. The van der Waals surface area contributed by atoms with Crippen molar-refractivity contribution in [3.05, 3.63) is 29.3 Å². The van der Waals surface area contributed by atoms with E-state index in [0.717, 1.165) is 34.9 Å². The zero-order valence-electron chi connectivity index (χ0n) is 11.1. The first kappa shape index (κ1) is 13.5. The van der Waals surface area contributed by atoms with Gasteiger partial charge < -0.3 is 10.6 Å². The SMILES string of the molecule is O=C1CCc2cc(CNC(=O)C3CSCN3)ccc2N1. The Labute approximate surface area is 121 Å². The van der Waals surface area contributed by atoms with Gasteiger partial charge in [0, 0.05) is 30.3 Å². The van der Waals surface area contributed by atoms with Gasteiger partial charge in [0.05, 0.1) is 6.04 Å². The fourth-order valence-corrected chi connectivity index (χ4v) is 3.36. The molecule has 2 amide bonds. The summed E-state index contributed by atoms with van der Waals surface area (Å²) >= 11 is 1.74. The van der Waals surface area contributed by atoms with Gasteiger partial charge in [-0.15, -0.1) is 11.8 Å². The number of fused-ring (bicyclic) bond motifs is 1. The van der Waals surface area contributed by atoms with Crippen LogP contribution in [0.5, 0.6) is 0 Å². The number of amides is 2. The van der Waals surface area contributed by atoms with Gasteiger partial charge in [-0.25, -0.2) is 0 Å². The van der Waals surface area contributed by atoms with Gasteiger partial charge in [0.15, 0.2) is 0 Å². The number of aryl methyl sites for hydroxylation is 1. The average molecular weight is 291 g/mol. The van der Waals surface area contributed by atoms with Gasteiger partial charge in [0.1, 0.15) is 0 Å². The van der Waals surface area contributed by atoms with E-state index in [9.17, 15) is 9.59 Å². The van der Waals surface area contributed by atoms with E-state index in [-0.39, 0.29) is 17.9 Å². The number of thioether (sulfide) groups is 1. The molecular weight excluding hydrogens is 274 g/mol. The Balaban J connectivity index is 1.60. The van der Waals surface area contributed by atoms with E-state index in [1.807, 2.05) is 12.1 Å². The summed E-state index contributed by atoms with van der Waals surface area (Å²) in [6, 6.07) is 5.85. The standard InChI is InChI=1S/C14H17N3O2S/c18-13-4-2-10-5-9(1-3-11(10)17-13)6-15-14(19)12-7-20-8-16-12/h1,3,5,12,16H,2,4,6-8H2,(H,15,19)(H,17,18). The molecule has 0 bridgehead atoms. The maximum absolute atomic E-state index is 11.9. The van der Waals surface area contributed by atoms with E-state index in [1.54, 1.807) is 11.8 Å². The quantitative estimate of drug-likeness (QED) is 0.772. The number of benzene rings is 1. The number of carbonyl (C=O) groups is 2. The van der Waals surface area contributed by atoms with Crippen molar-refractivity contribution < 1.29 is 9.59 Å². The Morgan fingerprint density at radius 3 is 3.10 bits per heavy atom. The molecule has 3 rings (SSSR count). The van der Waals surface area contributed by atoms with Crippen LogP contribution in [0, 0.1) is 0 Å². The second-order valence-electron chi connectivity index (χ2n) is 5.03. The first-order chi connectivity index (χ1) is 9.72. The van der Waals surface area contributed by atoms with Gasteiger partial charge in [-0.05, 0) is 23.6 Å². The Kier molecular flexibility index (Phi) is 3.93. The summed E-state index contributed by atoms with van der Waals surface area (Å²) in [5.74, 6) is 1.81. The van der Waals surface area contributed by atoms with E-state index in [2.05, 4.69) is 22.0 Å². The maximum Gasteiger partial charge on any atom is 0.238 e. The highest BCUT2D eigenvalue weighted by atomic mass is 32.2.